The summed E-state index contributed by atoms with van der Waals surface area (Å²) in [5, 5.41) is 3.04. The molecule has 0 aromatic heterocycles. The van der Waals surface area contributed by atoms with Crippen molar-refractivity contribution < 1.29 is 9.59 Å². The van der Waals surface area contributed by atoms with Gasteiger partial charge in [-0.2, -0.15) is 0 Å². The second-order valence-corrected chi connectivity index (χ2v) is 4.22. The highest BCUT2D eigenvalue weighted by atomic mass is 35.5. The molecule has 92 valence electrons. The lowest BCUT2D eigenvalue weighted by Gasteiger charge is -2.14. The zero-order valence-electron chi connectivity index (χ0n) is 9.87. The molecule has 0 saturated heterocycles. The Balaban J connectivity index is 2.57. The molecule has 17 heavy (non-hydrogen) atoms. The van der Waals surface area contributed by atoms with Gasteiger partial charge in [0.15, 0.2) is 5.78 Å². The summed E-state index contributed by atoms with van der Waals surface area (Å²) in [7, 11) is 3.28. The molecule has 1 aromatic carbocycles. The fourth-order valence-electron chi connectivity index (χ4n) is 1.38. The van der Waals surface area contributed by atoms with Crippen molar-refractivity contribution in [1.29, 1.82) is 0 Å². The van der Waals surface area contributed by atoms with Crippen LogP contribution < -0.4 is 5.32 Å². The van der Waals surface area contributed by atoms with Crippen LogP contribution in [-0.4, -0.2) is 43.8 Å². The van der Waals surface area contributed by atoms with Crippen LogP contribution in [0, 0.1) is 0 Å². The van der Waals surface area contributed by atoms with Crippen LogP contribution in [0.2, 0.25) is 5.02 Å². The first-order chi connectivity index (χ1) is 8.02. The van der Waals surface area contributed by atoms with E-state index in [0.29, 0.717) is 10.6 Å². The van der Waals surface area contributed by atoms with E-state index >= 15 is 0 Å². The van der Waals surface area contributed by atoms with Crippen molar-refractivity contribution in [2.24, 2.45) is 0 Å². The summed E-state index contributed by atoms with van der Waals surface area (Å²) >= 11 is 5.80. The zero-order chi connectivity index (χ0) is 12.8. The van der Waals surface area contributed by atoms with Crippen LogP contribution in [-0.2, 0) is 4.79 Å². The summed E-state index contributed by atoms with van der Waals surface area (Å²) in [4.78, 5) is 24.6. The van der Waals surface area contributed by atoms with Crippen LogP contribution >= 0.6 is 11.6 Å². The molecule has 0 fully saturated rings. The first-order valence-electron chi connectivity index (χ1n) is 5.21. The van der Waals surface area contributed by atoms with Gasteiger partial charge in [-0.05, 0) is 19.2 Å². The maximum atomic E-state index is 11.8. The third-order valence-corrected chi connectivity index (χ3v) is 2.49. The van der Waals surface area contributed by atoms with Crippen molar-refractivity contribution in [1.82, 2.24) is 10.2 Å². The van der Waals surface area contributed by atoms with Crippen molar-refractivity contribution in [2.75, 3.05) is 27.2 Å². The zero-order valence-corrected chi connectivity index (χ0v) is 10.6. The van der Waals surface area contributed by atoms with Crippen LogP contribution in [0.4, 0.5) is 0 Å². The lowest BCUT2D eigenvalue weighted by atomic mass is 10.1. The number of rotatable bonds is 5. The molecule has 0 heterocycles. The number of ketones is 1. The summed E-state index contributed by atoms with van der Waals surface area (Å²) in [5.74, 6) is -0.176. The number of nitrogens with one attached hydrogen (secondary N) is 1. The van der Waals surface area contributed by atoms with Crippen molar-refractivity contribution in [3.63, 3.8) is 0 Å². The third kappa shape index (κ3) is 4.54. The first-order valence-corrected chi connectivity index (χ1v) is 5.58. The number of hydrogen-bond acceptors (Lipinski definition) is 3. The van der Waals surface area contributed by atoms with Gasteiger partial charge in [-0.3, -0.25) is 14.5 Å². The molecule has 0 aliphatic heterocycles. The number of benzene rings is 1. The van der Waals surface area contributed by atoms with Gasteiger partial charge in [0.05, 0.1) is 13.1 Å². The average Bonchev–Trinajstić information content (AvgIpc) is 2.28. The van der Waals surface area contributed by atoms with Crippen LogP contribution in [0.25, 0.3) is 0 Å². The maximum Gasteiger partial charge on any atom is 0.233 e. The predicted molar refractivity (Wildman–Crippen MR) is 67.3 cm³/mol. The van der Waals surface area contributed by atoms with E-state index < -0.39 is 0 Å². The third-order valence-electron chi connectivity index (χ3n) is 2.25. The molecular formula is C12H15ClN2O2. The molecule has 4 nitrogen and oxygen atoms in total. The first kappa shape index (κ1) is 13.7. The number of carbonyl (C=O) groups is 2. The van der Waals surface area contributed by atoms with Crippen LogP contribution in [0.3, 0.4) is 0 Å². The minimum Gasteiger partial charge on any atom is -0.358 e. The Morgan fingerprint density at radius 1 is 1.35 bits per heavy atom. The SMILES string of the molecule is CNC(=O)CN(C)CC(=O)c1cccc(Cl)c1. The quantitative estimate of drug-likeness (QED) is 0.804. The number of halogens is 1. The Kier molecular flexibility index (Phi) is 5.12. The second kappa shape index (κ2) is 6.37. The van der Waals surface area contributed by atoms with Crippen molar-refractivity contribution in [2.45, 2.75) is 0 Å². The van der Waals surface area contributed by atoms with E-state index in [-0.39, 0.29) is 24.8 Å². The molecule has 0 saturated carbocycles. The van der Waals surface area contributed by atoms with Crippen molar-refractivity contribution in [3.8, 4) is 0 Å². The van der Waals surface area contributed by atoms with Gasteiger partial charge in [-0.1, -0.05) is 23.7 Å². The summed E-state index contributed by atoms with van der Waals surface area (Å²) in [6, 6.07) is 6.78. The smallest absolute Gasteiger partial charge is 0.233 e. The Morgan fingerprint density at radius 3 is 2.65 bits per heavy atom. The summed E-state index contributed by atoms with van der Waals surface area (Å²) < 4.78 is 0. The van der Waals surface area contributed by atoms with E-state index in [0.717, 1.165) is 0 Å². The van der Waals surface area contributed by atoms with E-state index in [9.17, 15) is 9.59 Å². The second-order valence-electron chi connectivity index (χ2n) is 3.78. The van der Waals surface area contributed by atoms with E-state index in [1.165, 1.54) is 0 Å². The number of hydrogen-bond donors (Lipinski definition) is 1. The average molecular weight is 255 g/mol. The Morgan fingerprint density at radius 2 is 2.06 bits per heavy atom. The lowest BCUT2D eigenvalue weighted by Crippen LogP contribution is -2.36. The molecule has 0 aliphatic rings. The van der Waals surface area contributed by atoms with Gasteiger partial charge in [0, 0.05) is 17.6 Å². The fourth-order valence-corrected chi connectivity index (χ4v) is 1.57. The highest BCUT2D eigenvalue weighted by molar-refractivity contribution is 6.31. The summed E-state index contributed by atoms with van der Waals surface area (Å²) in [6.07, 6.45) is 0. The van der Waals surface area contributed by atoms with Crippen LogP contribution in [0.5, 0.6) is 0 Å². The van der Waals surface area contributed by atoms with E-state index in [2.05, 4.69) is 5.32 Å². The lowest BCUT2D eigenvalue weighted by molar-refractivity contribution is -0.121. The largest absolute Gasteiger partial charge is 0.358 e. The van der Waals surface area contributed by atoms with E-state index in [1.807, 2.05) is 0 Å². The van der Waals surface area contributed by atoms with Gasteiger partial charge in [-0.15, -0.1) is 0 Å². The highest BCUT2D eigenvalue weighted by Gasteiger charge is 2.11. The molecule has 1 rings (SSSR count). The van der Waals surface area contributed by atoms with E-state index in [4.69, 9.17) is 11.6 Å². The number of Topliss-reactive ketones (excluding diaryl/α,β-unsaturated/α-hetero) is 1. The Bertz CT molecular complexity index is 421. The van der Waals surface area contributed by atoms with Gasteiger partial charge in [-0.25, -0.2) is 0 Å². The van der Waals surface area contributed by atoms with Gasteiger partial charge in [0.1, 0.15) is 0 Å². The molecule has 5 heteroatoms. The normalized spacial score (nSPS) is 10.4. The monoisotopic (exact) mass is 254 g/mol. The molecule has 0 aliphatic carbocycles. The molecule has 1 amide bonds. The van der Waals surface area contributed by atoms with Crippen molar-refractivity contribution in [3.05, 3.63) is 34.9 Å². The van der Waals surface area contributed by atoms with Gasteiger partial charge in [0.2, 0.25) is 5.91 Å². The Labute approximate surface area is 106 Å². The predicted octanol–water partition coefficient (Wildman–Crippen LogP) is 1.20. The summed E-state index contributed by atoms with van der Waals surface area (Å²) in [5.41, 5.74) is 0.557. The number of nitrogens with zero attached hydrogens (tertiary/aromatic N) is 1. The minimum atomic E-state index is -0.119. The Hall–Kier alpha value is -1.39. The van der Waals surface area contributed by atoms with Gasteiger partial charge >= 0.3 is 0 Å². The standard InChI is InChI=1S/C12H15ClN2O2/c1-14-12(17)8-15(2)7-11(16)9-4-3-5-10(13)6-9/h3-6H,7-8H2,1-2H3,(H,14,17). The molecule has 0 radical (unpaired) electrons. The van der Waals surface area contributed by atoms with Gasteiger partial charge < -0.3 is 5.32 Å². The molecule has 0 spiro atoms. The molecule has 0 unspecified atom stereocenters. The number of likely N-dealkylation sites (N-methyl/N-ethyl adjacent to an activating group) is 2. The van der Waals surface area contributed by atoms with Crippen molar-refractivity contribution >= 4 is 23.3 Å². The molecule has 1 aromatic rings. The fraction of sp³-hybridized carbons (Fsp3) is 0.333. The minimum absolute atomic E-state index is 0.0566. The maximum absolute atomic E-state index is 11.8. The number of carbonyl (C=O) groups excluding carboxylic acids is 2. The highest BCUT2D eigenvalue weighted by Crippen LogP contribution is 2.11. The summed E-state index contributed by atoms with van der Waals surface area (Å²) in [6.45, 7) is 0.385. The topological polar surface area (TPSA) is 49.4 Å². The van der Waals surface area contributed by atoms with Gasteiger partial charge in [0.25, 0.3) is 0 Å². The molecule has 1 N–H and O–H groups in total. The van der Waals surface area contributed by atoms with Crippen LogP contribution in [0.15, 0.2) is 24.3 Å². The number of amides is 1. The molecular weight excluding hydrogens is 240 g/mol. The van der Waals surface area contributed by atoms with Crippen LogP contribution in [0.1, 0.15) is 10.4 Å². The molecule has 0 atom stereocenters. The van der Waals surface area contributed by atoms with E-state index in [1.54, 1.807) is 43.3 Å². The molecule has 0 bridgehead atoms.